The van der Waals surface area contributed by atoms with Gasteiger partial charge >= 0.3 is 5.97 Å². The molecule has 1 aliphatic heterocycles. The molecule has 0 radical (unpaired) electrons. The summed E-state index contributed by atoms with van der Waals surface area (Å²) in [7, 11) is 0. The van der Waals surface area contributed by atoms with E-state index < -0.39 is 11.9 Å². The Kier molecular flexibility index (Phi) is 2.23. The molecule has 0 atom stereocenters. The van der Waals surface area contributed by atoms with E-state index in [1.54, 1.807) is 12.1 Å². The zero-order chi connectivity index (χ0) is 11.9. The zero-order valence-corrected chi connectivity index (χ0v) is 8.56. The van der Waals surface area contributed by atoms with Gasteiger partial charge in [0.05, 0.1) is 17.7 Å². The minimum atomic E-state index is -1.16. The molecule has 16 heavy (non-hydrogen) atoms. The van der Waals surface area contributed by atoms with Gasteiger partial charge in [0.1, 0.15) is 0 Å². The van der Waals surface area contributed by atoms with Crippen LogP contribution < -0.4 is 0 Å². The SMILES string of the molecule is CC(=O)N1Cc2cccc(C(=O)O)c2C1=O. The highest BCUT2D eigenvalue weighted by Crippen LogP contribution is 2.25. The fourth-order valence-electron chi connectivity index (χ4n) is 1.79. The van der Waals surface area contributed by atoms with Crippen LogP contribution in [-0.2, 0) is 11.3 Å². The molecule has 1 heterocycles. The lowest BCUT2D eigenvalue weighted by Crippen LogP contribution is -2.29. The van der Waals surface area contributed by atoms with Crippen molar-refractivity contribution in [3.8, 4) is 0 Å². The number of imide groups is 1. The van der Waals surface area contributed by atoms with E-state index in [-0.39, 0.29) is 23.6 Å². The average molecular weight is 219 g/mol. The van der Waals surface area contributed by atoms with Crippen molar-refractivity contribution >= 4 is 17.8 Å². The highest BCUT2D eigenvalue weighted by atomic mass is 16.4. The second-order valence-electron chi connectivity index (χ2n) is 3.56. The number of hydrogen-bond acceptors (Lipinski definition) is 3. The Hall–Kier alpha value is -2.17. The molecular weight excluding hydrogens is 210 g/mol. The van der Waals surface area contributed by atoms with Gasteiger partial charge in [-0.15, -0.1) is 0 Å². The van der Waals surface area contributed by atoms with Crippen LogP contribution in [0.2, 0.25) is 0 Å². The van der Waals surface area contributed by atoms with Crippen LogP contribution in [0.5, 0.6) is 0 Å². The third-order valence-corrected chi connectivity index (χ3v) is 2.55. The van der Waals surface area contributed by atoms with E-state index in [1.165, 1.54) is 13.0 Å². The van der Waals surface area contributed by atoms with Gasteiger partial charge in [0, 0.05) is 6.92 Å². The molecule has 2 rings (SSSR count). The standard InChI is InChI=1S/C11H9NO4/c1-6(13)12-5-7-3-2-4-8(11(15)16)9(7)10(12)14/h2-4H,5H2,1H3,(H,15,16). The third-order valence-electron chi connectivity index (χ3n) is 2.55. The Labute approximate surface area is 91.3 Å². The average Bonchev–Trinajstić information content (AvgIpc) is 2.56. The van der Waals surface area contributed by atoms with E-state index in [2.05, 4.69) is 0 Å². The number of carboxylic acid groups (broad SMARTS) is 1. The topological polar surface area (TPSA) is 74.7 Å². The summed E-state index contributed by atoms with van der Waals surface area (Å²) in [6.07, 6.45) is 0. The first-order chi connectivity index (χ1) is 7.52. The largest absolute Gasteiger partial charge is 0.478 e. The number of nitrogens with zero attached hydrogens (tertiary/aromatic N) is 1. The van der Waals surface area contributed by atoms with Crippen LogP contribution in [0.1, 0.15) is 33.2 Å². The number of fused-ring (bicyclic) bond motifs is 1. The summed E-state index contributed by atoms with van der Waals surface area (Å²) < 4.78 is 0. The summed E-state index contributed by atoms with van der Waals surface area (Å²) in [5.41, 5.74) is 0.663. The number of carboxylic acids is 1. The maximum Gasteiger partial charge on any atom is 0.336 e. The Bertz CT molecular complexity index is 507. The fourth-order valence-corrected chi connectivity index (χ4v) is 1.79. The summed E-state index contributed by atoms with van der Waals surface area (Å²) >= 11 is 0. The molecule has 0 unspecified atom stereocenters. The van der Waals surface area contributed by atoms with Crippen LogP contribution in [0, 0.1) is 0 Å². The van der Waals surface area contributed by atoms with Gasteiger partial charge in [0.25, 0.3) is 5.91 Å². The summed E-state index contributed by atoms with van der Waals surface area (Å²) in [5, 5.41) is 8.94. The van der Waals surface area contributed by atoms with Crippen LogP contribution in [0.15, 0.2) is 18.2 Å². The second-order valence-corrected chi connectivity index (χ2v) is 3.56. The van der Waals surface area contributed by atoms with Crippen molar-refractivity contribution in [2.24, 2.45) is 0 Å². The zero-order valence-electron chi connectivity index (χ0n) is 8.56. The molecule has 0 saturated heterocycles. The molecule has 5 heteroatoms. The third kappa shape index (κ3) is 1.37. The van der Waals surface area contributed by atoms with Gasteiger partial charge < -0.3 is 5.11 Å². The molecule has 5 nitrogen and oxygen atoms in total. The van der Waals surface area contributed by atoms with Crippen molar-refractivity contribution in [2.75, 3.05) is 0 Å². The van der Waals surface area contributed by atoms with E-state index in [0.29, 0.717) is 5.56 Å². The molecular formula is C11H9NO4. The van der Waals surface area contributed by atoms with E-state index in [0.717, 1.165) is 4.90 Å². The molecule has 1 N–H and O–H groups in total. The molecule has 0 aromatic heterocycles. The monoisotopic (exact) mass is 219 g/mol. The van der Waals surface area contributed by atoms with Gasteiger partial charge in [-0.25, -0.2) is 4.79 Å². The number of hydrogen-bond donors (Lipinski definition) is 1. The normalized spacial score (nSPS) is 13.8. The smallest absolute Gasteiger partial charge is 0.336 e. The Morgan fingerprint density at radius 1 is 1.38 bits per heavy atom. The molecule has 2 amide bonds. The van der Waals surface area contributed by atoms with E-state index >= 15 is 0 Å². The highest BCUT2D eigenvalue weighted by molar-refractivity contribution is 6.12. The molecule has 0 fully saturated rings. The van der Waals surface area contributed by atoms with E-state index in [1.807, 2.05) is 0 Å². The fraction of sp³-hybridized carbons (Fsp3) is 0.182. The van der Waals surface area contributed by atoms with Gasteiger partial charge in [-0.3, -0.25) is 14.5 Å². The van der Waals surface area contributed by atoms with Gasteiger partial charge in [-0.05, 0) is 11.6 Å². The first-order valence-electron chi connectivity index (χ1n) is 4.70. The van der Waals surface area contributed by atoms with Crippen molar-refractivity contribution in [1.82, 2.24) is 4.90 Å². The number of aromatic carboxylic acids is 1. The van der Waals surface area contributed by atoms with Gasteiger partial charge in [-0.1, -0.05) is 12.1 Å². The van der Waals surface area contributed by atoms with Gasteiger partial charge in [-0.2, -0.15) is 0 Å². The van der Waals surface area contributed by atoms with Crippen LogP contribution in [0.25, 0.3) is 0 Å². The van der Waals surface area contributed by atoms with Gasteiger partial charge in [0.15, 0.2) is 0 Å². The summed E-state index contributed by atoms with van der Waals surface area (Å²) in [6.45, 7) is 1.44. The van der Waals surface area contributed by atoms with E-state index in [9.17, 15) is 14.4 Å². The second kappa shape index (κ2) is 3.44. The first-order valence-corrected chi connectivity index (χ1v) is 4.70. The van der Waals surface area contributed by atoms with Crippen molar-refractivity contribution in [3.63, 3.8) is 0 Å². The van der Waals surface area contributed by atoms with Crippen molar-refractivity contribution < 1.29 is 19.5 Å². The maximum absolute atomic E-state index is 11.8. The highest BCUT2D eigenvalue weighted by Gasteiger charge is 2.33. The first kappa shape index (κ1) is 10.4. The molecule has 0 bridgehead atoms. The number of rotatable bonds is 1. The lowest BCUT2D eigenvalue weighted by molar-refractivity contribution is -0.126. The molecule has 82 valence electrons. The molecule has 1 aromatic carbocycles. The Morgan fingerprint density at radius 3 is 2.62 bits per heavy atom. The predicted molar refractivity (Wildman–Crippen MR) is 54.0 cm³/mol. The number of carbonyl (C=O) groups excluding carboxylic acids is 2. The molecule has 0 aliphatic carbocycles. The Morgan fingerprint density at radius 2 is 2.06 bits per heavy atom. The lowest BCUT2D eigenvalue weighted by Gasteiger charge is -2.09. The van der Waals surface area contributed by atoms with Crippen molar-refractivity contribution in [2.45, 2.75) is 13.5 Å². The van der Waals surface area contributed by atoms with Crippen LogP contribution in [-0.4, -0.2) is 27.8 Å². The molecule has 0 saturated carbocycles. The van der Waals surface area contributed by atoms with Crippen LogP contribution >= 0.6 is 0 Å². The van der Waals surface area contributed by atoms with Crippen molar-refractivity contribution in [3.05, 3.63) is 34.9 Å². The van der Waals surface area contributed by atoms with E-state index in [4.69, 9.17) is 5.11 Å². The molecule has 0 spiro atoms. The molecule has 1 aliphatic rings. The maximum atomic E-state index is 11.8. The predicted octanol–water partition coefficient (Wildman–Crippen LogP) is 0.887. The minimum Gasteiger partial charge on any atom is -0.478 e. The number of carbonyl (C=O) groups is 3. The van der Waals surface area contributed by atoms with Crippen LogP contribution in [0.3, 0.4) is 0 Å². The molecule has 1 aromatic rings. The summed E-state index contributed by atoms with van der Waals surface area (Å²) in [5.74, 6) is -2.06. The number of benzene rings is 1. The summed E-state index contributed by atoms with van der Waals surface area (Å²) in [4.78, 5) is 34.9. The van der Waals surface area contributed by atoms with Crippen LogP contribution in [0.4, 0.5) is 0 Å². The van der Waals surface area contributed by atoms with Crippen molar-refractivity contribution in [1.29, 1.82) is 0 Å². The number of amides is 2. The lowest BCUT2D eigenvalue weighted by atomic mass is 10.0. The summed E-state index contributed by atoms with van der Waals surface area (Å²) in [6, 6.07) is 4.59. The quantitative estimate of drug-likeness (QED) is 0.761. The Balaban J connectivity index is 2.56. The van der Waals surface area contributed by atoms with Gasteiger partial charge in [0.2, 0.25) is 5.91 Å². The minimum absolute atomic E-state index is 0.0498.